The molecule has 3 aromatic rings. The number of allylic oxidation sites excluding steroid dienone is 1. The third-order valence-electron chi connectivity index (χ3n) is 5.31. The van der Waals surface area contributed by atoms with E-state index in [1.807, 2.05) is 37.3 Å². The number of nitrogens with one attached hydrogen (secondary N) is 1. The Hall–Kier alpha value is -3.26. The van der Waals surface area contributed by atoms with Crippen molar-refractivity contribution >= 4 is 39.1 Å². The lowest BCUT2D eigenvalue weighted by atomic mass is 9.80. The first-order valence-corrected chi connectivity index (χ1v) is 10.9. The molecule has 32 heavy (non-hydrogen) atoms. The van der Waals surface area contributed by atoms with Crippen molar-refractivity contribution in [2.45, 2.75) is 26.2 Å². The van der Waals surface area contributed by atoms with Gasteiger partial charge in [0.25, 0.3) is 5.70 Å². The average molecular weight is 499 g/mol. The summed E-state index contributed by atoms with van der Waals surface area (Å²) in [5.74, 6) is -2.51. The highest BCUT2D eigenvalue weighted by molar-refractivity contribution is 9.10. The first-order valence-electron chi connectivity index (χ1n) is 10.1. The Balaban J connectivity index is 2.09. The molecule has 0 amide bonds. The number of halogens is 1. The summed E-state index contributed by atoms with van der Waals surface area (Å²) in [7, 11) is 0. The topological polar surface area (TPSA) is 102 Å². The Morgan fingerprint density at radius 2 is 1.97 bits per heavy atom. The van der Waals surface area contributed by atoms with Gasteiger partial charge in [0.1, 0.15) is 6.29 Å². The van der Waals surface area contributed by atoms with Crippen LogP contribution >= 0.6 is 15.9 Å². The number of benzene rings is 2. The van der Waals surface area contributed by atoms with Crippen LogP contribution in [0.15, 0.2) is 64.9 Å². The summed E-state index contributed by atoms with van der Waals surface area (Å²) >= 11 is 3.46. The smallest absolute Gasteiger partial charge is 0.337 e. The van der Waals surface area contributed by atoms with E-state index in [0.717, 1.165) is 38.9 Å². The zero-order valence-corrected chi connectivity index (χ0v) is 19.3. The summed E-state index contributed by atoms with van der Waals surface area (Å²) < 4.78 is 5.79. The first kappa shape index (κ1) is 23.4. The molecule has 0 saturated heterocycles. The first-order chi connectivity index (χ1) is 15.3. The second-order valence-corrected chi connectivity index (χ2v) is 8.39. The number of carbonyl (C=O) groups excluding carboxylic acids is 2. The van der Waals surface area contributed by atoms with Crippen LogP contribution in [-0.4, -0.2) is 28.8 Å². The van der Waals surface area contributed by atoms with E-state index in [1.54, 1.807) is 25.3 Å². The molecule has 0 aliphatic rings. The molecule has 8 heteroatoms. The maximum atomic E-state index is 12.3. The number of aldehydes is 1. The molecular weight excluding hydrogens is 476 g/mol. The minimum Gasteiger partial charge on any atom is -0.463 e. The maximum absolute atomic E-state index is 12.3. The van der Waals surface area contributed by atoms with E-state index in [4.69, 9.17) is 4.74 Å². The predicted molar refractivity (Wildman–Crippen MR) is 125 cm³/mol. The number of aromatic nitrogens is 1. The predicted octanol–water partition coefficient (Wildman–Crippen LogP) is 5.10. The highest BCUT2D eigenvalue weighted by Gasteiger charge is 2.35. The fourth-order valence-electron chi connectivity index (χ4n) is 3.79. The number of rotatable bonds is 9. The molecule has 1 N–H and O–H groups in total. The molecule has 2 aromatic carbocycles. The summed E-state index contributed by atoms with van der Waals surface area (Å²) in [5.41, 5.74) is 2.95. The van der Waals surface area contributed by atoms with Crippen molar-refractivity contribution in [1.29, 1.82) is 0 Å². The van der Waals surface area contributed by atoms with Gasteiger partial charge in [-0.1, -0.05) is 45.8 Å². The molecule has 0 spiro atoms. The fraction of sp³-hybridized carbons (Fsp3) is 0.250. The minimum absolute atomic E-state index is 0.0941. The van der Waals surface area contributed by atoms with Crippen LogP contribution in [-0.2, 0) is 20.7 Å². The number of aromatic amines is 1. The monoisotopic (exact) mass is 498 g/mol. The Morgan fingerprint density at radius 3 is 2.59 bits per heavy atom. The van der Waals surface area contributed by atoms with Crippen LogP contribution in [0, 0.1) is 23.0 Å². The lowest BCUT2D eigenvalue weighted by Crippen LogP contribution is -2.24. The largest absolute Gasteiger partial charge is 0.463 e. The molecule has 1 heterocycles. The number of fused-ring (bicyclic) bond motifs is 1. The number of esters is 1. The number of nitro groups is 1. The van der Waals surface area contributed by atoms with Gasteiger partial charge in [0.2, 0.25) is 0 Å². The van der Waals surface area contributed by atoms with E-state index in [0.29, 0.717) is 5.56 Å². The molecule has 2 atom stereocenters. The molecule has 0 fully saturated rings. The number of hydrogen-bond acceptors (Lipinski definition) is 5. The van der Waals surface area contributed by atoms with Gasteiger partial charge in [-0.3, -0.25) is 10.1 Å². The molecule has 0 saturated carbocycles. The quantitative estimate of drug-likeness (QED) is 0.145. The second-order valence-electron chi connectivity index (χ2n) is 7.47. The number of nitrogens with zero attached hydrogens (tertiary/aromatic N) is 1. The number of ether oxygens (including phenoxy) is 1. The Bertz CT molecular complexity index is 1170. The fourth-order valence-corrected chi connectivity index (χ4v) is 4.15. The van der Waals surface area contributed by atoms with Crippen molar-refractivity contribution in [1.82, 2.24) is 4.98 Å². The van der Waals surface area contributed by atoms with Crippen LogP contribution in [0.4, 0.5) is 0 Å². The zero-order chi connectivity index (χ0) is 23.3. The summed E-state index contributed by atoms with van der Waals surface area (Å²) in [6.45, 7) is 3.62. The van der Waals surface area contributed by atoms with Gasteiger partial charge in [-0.05, 0) is 49.6 Å². The van der Waals surface area contributed by atoms with Gasteiger partial charge in [0, 0.05) is 27.5 Å². The van der Waals surface area contributed by atoms with Crippen LogP contribution in [0.3, 0.4) is 0 Å². The van der Waals surface area contributed by atoms with Gasteiger partial charge >= 0.3 is 5.97 Å². The summed E-state index contributed by atoms with van der Waals surface area (Å²) in [6.07, 6.45) is 3.67. The van der Waals surface area contributed by atoms with Crippen molar-refractivity contribution in [2.24, 2.45) is 5.92 Å². The lowest BCUT2D eigenvalue weighted by molar-refractivity contribution is -0.431. The lowest BCUT2D eigenvalue weighted by Gasteiger charge is -2.21. The average Bonchev–Trinajstić information content (AvgIpc) is 3.15. The van der Waals surface area contributed by atoms with Gasteiger partial charge in [0.05, 0.1) is 23.5 Å². The Morgan fingerprint density at radius 1 is 1.25 bits per heavy atom. The van der Waals surface area contributed by atoms with Crippen molar-refractivity contribution in [3.8, 4) is 0 Å². The van der Waals surface area contributed by atoms with E-state index in [2.05, 4.69) is 20.9 Å². The number of H-pyrrole nitrogens is 1. The summed E-state index contributed by atoms with van der Waals surface area (Å²) in [6, 6.07) is 12.9. The number of aryl methyl sites for hydroxylation is 1. The molecular formula is C24H23BrN2O5. The van der Waals surface area contributed by atoms with Crippen LogP contribution in [0.5, 0.6) is 0 Å². The normalized spacial score (nSPS) is 13.5. The van der Waals surface area contributed by atoms with Crippen LogP contribution < -0.4 is 0 Å². The maximum Gasteiger partial charge on any atom is 0.337 e. The summed E-state index contributed by atoms with van der Waals surface area (Å²) in [4.78, 5) is 38.9. The molecule has 1 aromatic heterocycles. The Kier molecular flexibility index (Phi) is 7.58. The van der Waals surface area contributed by atoms with Crippen molar-refractivity contribution < 1.29 is 19.2 Å². The second kappa shape index (κ2) is 10.4. The molecule has 0 radical (unpaired) electrons. The van der Waals surface area contributed by atoms with E-state index < -0.39 is 22.7 Å². The standard InChI is InChI=1S/C24H23BrN2O5/c1-3-32-23(29)12-22(27(30)31)24(16-6-4-15(2)5-7-16)18(14-28)10-17-13-26-21-9-8-19(25)11-20(17)21/h4-9,11-14,18,24,26H,3,10H2,1-2H3/b22-12+/t18-,24+/m0/s1. The third kappa shape index (κ3) is 5.31. The van der Waals surface area contributed by atoms with Crippen LogP contribution in [0.2, 0.25) is 0 Å². The van der Waals surface area contributed by atoms with Crippen LogP contribution in [0.1, 0.15) is 29.5 Å². The molecule has 3 rings (SSSR count). The highest BCUT2D eigenvalue weighted by Crippen LogP contribution is 2.35. The number of hydrogen-bond donors (Lipinski definition) is 1. The summed E-state index contributed by atoms with van der Waals surface area (Å²) in [5, 5.41) is 12.9. The van der Waals surface area contributed by atoms with E-state index in [9.17, 15) is 19.7 Å². The van der Waals surface area contributed by atoms with Crippen molar-refractivity contribution in [3.05, 3.63) is 91.7 Å². The molecule has 0 aliphatic carbocycles. The number of carbonyl (C=O) groups is 2. The van der Waals surface area contributed by atoms with Gasteiger partial charge in [-0.15, -0.1) is 0 Å². The third-order valence-corrected chi connectivity index (χ3v) is 5.80. The van der Waals surface area contributed by atoms with Crippen LogP contribution in [0.25, 0.3) is 10.9 Å². The molecule has 0 unspecified atom stereocenters. The molecule has 166 valence electrons. The van der Waals surface area contributed by atoms with Crippen molar-refractivity contribution in [3.63, 3.8) is 0 Å². The van der Waals surface area contributed by atoms with Gasteiger partial charge in [-0.25, -0.2) is 4.79 Å². The SMILES string of the molecule is CCOC(=O)/C=C(\[C@H](c1ccc(C)cc1)[C@H](C=O)Cc1c[nH]c2ccc(Br)cc12)[N+](=O)[O-]. The van der Waals surface area contributed by atoms with E-state index >= 15 is 0 Å². The molecule has 0 bridgehead atoms. The highest BCUT2D eigenvalue weighted by atomic mass is 79.9. The van der Waals surface area contributed by atoms with Gasteiger partial charge in [0.15, 0.2) is 0 Å². The molecule has 7 nitrogen and oxygen atoms in total. The van der Waals surface area contributed by atoms with Gasteiger partial charge < -0.3 is 14.5 Å². The van der Waals surface area contributed by atoms with Gasteiger partial charge in [-0.2, -0.15) is 0 Å². The van der Waals surface area contributed by atoms with E-state index in [1.165, 1.54) is 0 Å². The minimum atomic E-state index is -0.926. The van der Waals surface area contributed by atoms with E-state index in [-0.39, 0.29) is 18.7 Å². The zero-order valence-electron chi connectivity index (χ0n) is 17.7. The van der Waals surface area contributed by atoms with Crippen molar-refractivity contribution in [2.75, 3.05) is 6.61 Å². The molecule has 0 aliphatic heterocycles. The Labute approximate surface area is 193 Å².